The number of methoxy groups -OCH3 is 1. The Bertz CT molecular complexity index is 861. The summed E-state index contributed by atoms with van der Waals surface area (Å²) in [6.45, 7) is 1.68. The van der Waals surface area contributed by atoms with Gasteiger partial charge in [-0.15, -0.1) is 0 Å². The number of anilines is 1. The number of aromatic nitrogens is 1. The van der Waals surface area contributed by atoms with Crippen molar-refractivity contribution in [2.24, 2.45) is 0 Å². The number of amides is 1. The zero-order valence-electron chi connectivity index (χ0n) is 15.1. The largest absolute Gasteiger partial charge is 0.465 e. The number of piperazine rings is 1. The summed E-state index contributed by atoms with van der Waals surface area (Å²) in [7, 11) is 1.27. The summed E-state index contributed by atoms with van der Waals surface area (Å²) >= 11 is 0. The highest BCUT2D eigenvalue weighted by molar-refractivity contribution is 5.98. The van der Waals surface area contributed by atoms with Gasteiger partial charge in [0.1, 0.15) is 5.82 Å². The molecule has 148 valence electrons. The first-order valence-electron chi connectivity index (χ1n) is 8.55. The Morgan fingerprint density at radius 2 is 1.71 bits per heavy atom. The van der Waals surface area contributed by atoms with Crippen molar-refractivity contribution in [1.29, 1.82) is 0 Å². The second-order valence-electron chi connectivity index (χ2n) is 6.25. The Morgan fingerprint density at radius 1 is 1.04 bits per heavy atom. The second-order valence-corrected chi connectivity index (χ2v) is 6.25. The highest BCUT2D eigenvalue weighted by Gasteiger charge is 2.31. The first kappa shape index (κ1) is 19.7. The fourth-order valence-corrected chi connectivity index (χ4v) is 2.96. The molecule has 0 aliphatic carbocycles. The van der Waals surface area contributed by atoms with Gasteiger partial charge in [-0.1, -0.05) is 6.07 Å². The van der Waals surface area contributed by atoms with Crippen molar-refractivity contribution in [1.82, 2.24) is 9.88 Å². The molecular weight excluding hydrogens is 375 g/mol. The Balaban J connectivity index is 1.64. The quantitative estimate of drug-likeness (QED) is 0.751. The third-order valence-electron chi connectivity index (χ3n) is 4.50. The van der Waals surface area contributed by atoms with Crippen molar-refractivity contribution in [3.05, 3.63) is 59.3 Å². The van der Waals surface area contributed by atoms with Crippen LogP contribution in [0.2, 0.25) is 0 Å². The van der Waals surface area contributed by atoms with Crippen LogP contribution >= 0.6 is 0 Å². The zero-order chi connectivity index (χ0) is 20.3. The molecule has 1 aromatic heterocycles. The molecule has 1 saturated heterocycles. The molecule has 2 heterocycles. The number of benzene rings is 1. The van der Waals surface area contributed by atoms with Crippen LogP contribution in [-0.4, -0.2) is 55.0 Å². The number of hydrogen-bond donors (Lipinski definition) is 0. The Morgan fingerprint density at radius 3 is 2.29 bits per heavy atom. The van der Waals surface area contributed by atoms with Crippen molar-refractivity contribution in [2.75, 3.05) is 38.2 Å². The van der Waals surface area contributed by atoms with E-state index in [0.29, 0.717) is 43.1 Å². The number of hydrogen-bond acceptors (Lipinski definition) is 5. The van der Waals surface area contributed by atoms with E-state index in [9.17, 15) is 22.8 Å². The minimum Gasteiger partial charge on any atom is -0.465 e. The Labute approximate surface area is 159 Å². The summed E-state index contributed by atoms with van der Waals surface area (Å²) in [5.41, 5.74) is -0.125. The van der Waals surface area contributed by atoms with E-state index in [1.165, 1.54) is 19.2 Å². The number of rotatable bonds is 3. The topological polar surface area (TPSA) is 62.7 Å². The molecule has 1 amide bonds. The van der Waals surface area contributed by atoms with E-state index < -0.39 is 17.7 Å². The molecule has 0 atom stereocenters. The van der Waals surface area contributed by atoms with Crippen LogP contribution in [0.5, 0.6) is 0 Å². The molecule has 1 aromatic carbocycles. The van der Waals surface area contributed by atoms with Gasteiger partial charge in [-0.05, 0) is 30.3 Å². The average molecular weight is 393 g/mol. The third-order valence-corrected chi connectivity index (χ3v) is 4.50. The molecule has 0 N–H and O–H groups in total. The summed E-state index contributed by atoms with van der Waals surface area (Å²) in [5, 5.41) is 0. The normalized spacial score (nSPS) is 14.7. The highest BCUT2D eigenvalue weighted by atomic mass is 19.4. The average Bonchev–Trinajstić information content (AvgIpc) is 2.72. The van der Waals surface area contributed by atoms with Crippen LogP contribution in [0, 0.1) is 0 Å². The van der Waals surface area contributed by atoms with E-state index >= 15 is 0 Å². The van der Waals surface area contributed by atoms with Gasteiger partial charge in [-0.3, -0.25) is 4.79 Å². The van der Waals surface area contributed by atoms with Crippen LogP contribution in [0.1, 0.15) is 26.3 Å². The lowest BCUT2D eigenvalue weighted by Crippen LogP contribution is -2.49. The van der Waals surface area contributed by atoms with Gasteiger partial charge in [0.15, 0.2) is 0 Å². The highest BCUT2D eigenvalue weighted by Crippen LogP contribution is 2.29. The van der Waals surface area contributed by atoms with Gasteiger partial charge in [-0.2, -0.15) is 13.2 Å². The predicted molar refractivity (Wildman–Crippen MR) is 95.1 cm³/mol. The minimum absolute atomic E-state index is 0.217. The van der Waals surface area contributed by atoms with Crippen molar-refractivity contribution < 1.29 is 27.5 Å². The van der Waals surface area contributed by atoms with Crippen LogP contribution < -0.4 is 4.90 Å². The van der Waals surface area contributed by atoms with Crippen LogP contribution in [-0.2, 0) is 10.9 Å². The van der Waals surface area contributed by atoms with Crippen LogP contribution in [0.3, 0.4) is 0 Å². The fourth-order valence-electron chi connectivity index (χ4n) is 2.96. The van der Waals surface area contributed by atoms with Gasteiger partial charge in [0.2, 0.25) is 0 Å². The van der Waals surface area contributed by atoms with Gasteiger partial charge >= 0.3 is 12.1 Å². The van der Waals surface area contributed by atoms with Crippen LogP contribution in [0.25, 0.3) is 0 Å². The number of halogens is 3. The van der Waals surface area contributed by atoms with E-state index in [2.05, 4.69) is 9.72 Å². The van der Waals surface area contributed by atoms with E-state index in [4.69, 9.17) is 0 Å². The maximum Gasteiger partial charge on any atom is 0.417 e. The van der Waals surface area contributed by atoms with E-state index in [1.807, 2.05) is 4.90 Å². The molecule has 0 saturated carbocycles. The number of pyridine rings is 1. The molecule has 0 bridgehead atoms. The van der Waals surface area contributed by atoms with Crippen molar-refractivity contribution >= 4 is 17.7 Å². The maximum absolute atomic E-state index is 12.7. The van der Waals surface area contributed by atoms with E-state index in [0.717, 1.165) is 12.3 Å². The molecule has 0 spiro atoms. The van der Waals surface area contributed by atoms with Crippen LogP contribution in [0.4, 0.5) is 19.0 Å². The molecule has 0 radical (unpaired) electrons. The van der Waals surface area contributed by atoms with Gasteiger partial charge in [-0.25, -0.2) is 9.78 Å². The van der Waals surface area contributed by atoms with E-state index in [1.54, 1.807) is 23.1 Å². The predicted octanol–water partition coefficient (Wildman–Crippen LogP) is 2.85. The summed E-state index contributed by atoms with van der Waals surface area (Å²) in [6.07, 6.45) is -3.61. The molecule has 28 heavy (non-hydrogen) atoms. The molecule has 2 aromatic rings. The standard InChI is InChI=1S/C19H18F3N3O3/c1-28-18(27)14-4-2-3-13(11-14)17(26)25-9-7-24(8-10-25)16-6-5-15(12-23-16)19(20,21)22/h2-6,11-12H,7-10H2,1H3. The monoisotopic (exact) mass is 393 g/mol. The first-order chi connectivity index (χ1) is 13.3. The molecular formula is C19H18F3N3O3. The number of esters is 1. The molecule has 1 aliphatic heterocycles. The molecule has 0 unspecified atom stereocenters. The van der Waals surface area contributed by atoms with Crippen molar-refractivity contribution in [3.8, 4) is 0 Å². The van der Waals surface area contributed by atoms with Crippen molar-refractivity contribution in [3.63, 3.8) is 0 Å². The zero-order valence-corrected chi connectivity index (χ0v) is 15.1. The summed E-state index contributed by atoms with van der Waals surface area (Å²) < 4.78 is 42.6. The number of alkyl halides is 3. The number of ether oxygens (including phenoxy) is 1. The smallest absolute Gasteiger partial charge is 0.417 e. The molecule has 1 aliphatic rings. The lowest BCUT2D eigenvalue weighted by Gasteiger charge is -2.35. The third kappa shape index (κ3) is 4.24. The lowest BCUT2D eigenvalue weighted by atomic mass is 10.1. The number of nitrogens with zero attached hydrogens (tertiary/aromatic N) is 3. The molecule has 9 heteroatoms. The SMILES string of the molecule is COC(=O)c1cccc(C(=O)N2CCN(c3ccc(C(F)(F)F)cn3)CC2)c1. The number of carbonyl (C=O) groups is 2. The van der Waals surface area contributed by atoms with Gasteiger partial charge in [0.05, 0.1) is 18.2 Å². The summed E-state index contributed by atoms with van der Waals surface area (Å²) in [5.74, 6) is -0.300. The first-order valence-corrected chi connectivity index (χ1v) is 8.55. The van der Waals surface area contributed by atoms with E-state index in [-0.39, 0.29) is 5.91 Å². The number of carbonyl (C=O) groups excluding carboxylic acids is 2. The van der Waals surface area contributed by atoms with Gasteiger partial charge < -0.3 is 14.5 Å². The molecule has 6 nitrogen and oxygen atoms in total. The summed E-state index contributed by atoms with van der Waals surface area (Å²) in [6, 6.07) is 8.62. The Kier molecular flexibility index (Phi) is 5.53. The minimum atomic E-state index is -4.42. The molecule has 3 rings (SSSR count). The fraction of sp³-hybridized carbons (Fsp3) is 0.316. The van der Waals surface area contributed by atoms with Crippen molar-refractivity contribution in [2.45, 2.75) is 6.18 Å². The van der Waals surface area contributed by atoms with Gasteiger partial charge in [0.25, 0.3) is 5.91 Å². The summed E-state index contributed by atoms with van der Waals surface area (Å²) in [4.78, 5) is 31.6. The van der Waals surface area contributed by atoms with Gasteiger partial charge in [0, 0.05) is 37.9 Å². The maximum atomic E-state index is 12.7. The second kappa shape index (κ2) is 7.87. The molecule has 1 fully saturated rings. The lowest BCUT2D eigenvalue weighted by molar-refractivity contribution is -0.137. The Hall–Kier alpha value is -3.10. The van der Waals surface area contributed by atoms with Crippen LogP contribution in [0.15, 0.2) is 42.6 Å².